The summed E-state index contributed by atoms with van der Waals surface area (Å²) < 4.78 is 5.13. The quantitative estimate of drug-likeness (QED) is 0.614. The molecular formula is C15H20N2O5. The van der Waals surface area contributed by atoms with E-state index in [9.17, 15) is 14.4 Å². The monoisotopic (exact) mass is 308 g/mol. The third-order valence-electron chi connectivity index (χ3n) is 4.08. The number of carbonyl (C=O) groups is 3. The Bertz CT molecular complexity index is 490. The molecule has 0 aromatic rings. The molecule has 7 nitrogen and oxygen atoms in total. The zero-order valence-electron chi connectivity index (χ0n) is 12.3. The number of amides is 2. The molecule has 7 heteroatoms. The van der Waals surface area contributed by atoms with Crippen LogP contribution in [0.3, 0.4) is 0 Å². The lowest BCUT2D eigenvalue weighted by Crippen LogP contribution is -2.39. The minimum atomic E-state index is -1.14. The standard InChI is InChI=1S/C15H20N2O5/c18-13(16-8-14(19)20)7-17-15(21)22-9-12-10-5-3-1-2-4-6-11(10)12/h10-12H,3-9H2,(H,16,18)(H,17,21)(H,19,20)/t10-,11+,12?. The number of carboxylic acids is 1. The Morgan fingerprint density at radius 2 is 1.68 bits per heavy atom. The number of rotatable bonds is 6. The second kappa shape index (κ2) is 7.69. The molecule has 3 N–H and O–H groups in total. The van der Waals surface area contributed by atoms with Crippen molar-refractivity contribution in [2.75, 3.05) is 19.7 Å². The molecule has 0 aromatic heterocycles. The lowest BCUT2D eigenvalue weighted by Gasteiger charge is -2.07. The van der Waals surface area contributed by atoms with Gasteiger partial charge in [-0.25, -0.2) is 4.79 Å². The van der Waals surface area contributed by atoms with Gasteiger partial charge in [0.15, 0.2) is 0 Å². The van der Waals surface area contributed by atoms with E-state index in [4.69, 9.17) is 9.84 Å². The number of alkyl carbamates (subject to hydrolysis) is 1. The fourth-order valence-corrected chi connectivity index (χ4v) is 2.89. The van der Waals surface area contributed by atoms with Gasteiger partial charge in [0.25, 0.3) is 0 Å². The van der Waals surface area contributed by atoms with E-state index < -0.39 is 24.5 Å². The van der Waals surface area contributed by atoms with Gasteiger partial charge < -0.3 is 20.5 Å². The Morgan fingerprint density at radius 1 is 1.05 bits per heavy atom. The lowest BCUT2D eigenvalue weighted by atomic mass is 10.1. The molecule has 2 amide bonds. The van der Waals surface area contributed by atoms with E-state index in [1.54, 1.807) is 0 Å². The minimum absolute atomic E-state index is 0.294. The number of carbonyl (C=O) groups excluding carboxylic acids is 2. The van der Waals surface area contributed by atoms with Gasteiger partial charge in [0.1, 0.15) is 13.1 Å². The first-order valence-electron chi connectivity index (χ1n) is 7.42. The van der Waals surface area contributed by atoms with Crippen molar-refractivity contribution in [3.63, 3.8) is 0 Å². The number of nitrogens with one attached hydrogen (secondary N) is 2. The van der Waals surface area contributed by atoms with Crippen molar-refractivity contribution in [3.05, 3.63) is 0 Å². The number of carboxylic acid groups (broad SMARTS) is 1. The van der Waals surface area contributed by atoms with E-state index in [1.807, 2.05) is 0 Å². The van der Waals surface area contributed by atoms with Crippen LogP contribution in [0.5, 0.6) is 0 Å². The Labute approximate surface area is 128 Å². The molecule has 0 radical (unpaired) electrons. The number of ether oxygens (including phenoxy) is 1. The van der Waals surface area contributed by atoms with Crippen molar-refractivity contribution in [1.82, 2.24) is 10.6 Å². The highest BCUT2D eigenvalue weighted by Gasteiger charge is 2.49. The van der Waals surface area contributed by atoms with Crippen LogP contribution >= 0.6 is 0 Å². The summed E-state index contributed by atoms with van der Waals surface area (Å²) in [5.41, 5.74) is 0. The van der Waals surface area contributed by atoms with E-state index in [0.717, 1.165) is 25.7 Å². The Balaban J connectivity index is 1.59. The smallest absolute Gasteiger partial charge is 0.407 e. The van der Waals surface area contributed by atoms with E-state index in [2.05, 4.69) is 22.5 Å². The van der Waals surface area contributed by atoms with Crippen LogP contribution in [0.25, 0.3) is 0 Å². The van der Waals surface area contributed by atoms with Crippen LogP contribution in [-0.2, 0) is 14.3 Å². The van der Waals surface area contributed by atoms with Gasteiger partial charge in [0.05, 0.1) is 6.61 Å². The topological polar surface area (TPSA) is 105 Å². The van der Waals surface area contributed by atoms with Crippen LogP contribution in [0.1, 0.15) is 25.7 Å². The second-order valence-corrected chi connectivity index (χ2v) is 5.54. The SMILES string of the molecule is O=C(O)CNC(=O)CNC(=O)OCC1[C@H]2CCC#CCC[C@@H]12. The maximum absolute atomic E-state index is 11.5. The summed E-state index contributed by atoms with van der Waals surface area (Å²) in [5, 5.41) is 12.8. The lowest BCUT2D eigenvalue weighted by molar-refractivity contribution is -0.137. The summed E-state index contributed by atoms with van der Waals surface area (Å²) in [6, 6.07) is 0. The molecule has 1 unspecified atom stereocenters. The van der Waals surface area contributed by atoms with Crippen molar-refractivity contribution in [2.24, 2.45) is 17.8 Å². The minimum Gasteiger partial charge on any atom is -0.480 e. The normalized spacial score (nSPS) is 25.4. The largest absolute Gasteiger partial charge is 0.480 e. The van der Waals surface area contributed by atoms with E-state index in [-0.39, 0.29) is 6.54 Å². The third kappa shape index (κ3) is 4.95. The average molecular weight is 308 g/mol. The maximum atomic E-state index is 11.5. The number of hydrogen-bond acceptors (Lipinski definition) is 4. The molecular weight excluding hydrogens is 288 g/mol. The van der Waals surface area contributed by atoms with Crippen LogP contribution in [0.2, 0.25) is 0 Å². The van der Waals surface area contributed by atoms with Crippen molar-refractivity contribution >= 4 is 18.0 Å². The molecule has 120 valence electrons. The zero-order chi connectivity index (χ0) is 15.9. The van der Waals surface area contributed by atoms with Crippen molar-refractivity contribution in [1.29, 1.82) is 0 Å². The highest BCUT2D eigenvalue weighted by molar-refractivity contribution is 5.84. The molecule has 2 aliphatic carbocycles. The molecule has 0 aliphatic heterocycles. The summed E-state index contributed by atoms with van der Waals surface area (Å²) in [6.45, 7) is -0.404. The first-order chi connectivity index (χ1) is 10.6. The van der Waals surface area contributed by atoms with Gasteiger partial charge in [-0.2, -0.15) is 0 Å². The first-order valence-corrected chi connectivity index (χ1v) is 7.42. The van der Waals surface area contributed by atoms with Gasteiger partial charge in [-0.3, -0.25) is 9.59 Å². The van der Waals surface area contributed by atoms with Gasteiger partial charge >= 0.3 is 12.1 Å². The van der Waals surface area contributed by atoms with Crippen molar-refractivity contribution < 1.29 is 24.2 Å². The summed E-state index contributed by atoms with van der Waals surface area (Å²) >= 11 is 0. The van der Waals surface area contributed by atoms with E-state index >= 15 is 0 Å². The van der Waals surface area contributed by atoms with Gasteiger partial charge in [0, 0.05) is 12.8 Å². The summed E-state index contributed by atoms with van der Waals surface area (Å²) in [6.07, 6.45) is 3.29. The number of fused-ring (bicyclic) bond motifs is 1. The van der Waals surface area contributed by atoms with Gasteiger partial charge in [-0.15, -0.1) is 11.8 Å². The number of hydrogen-bond donors (Lipinski definition) is 3. The van der Waals surface area contributed by atoms with E-state index in [0.29, 0.717) is 24.4 Å². The molecule has 1 saturated carbocycles. The fourth-order valence-electron chi connectivity index (χ4n) is 2.89. The van der Waals surface area contributed by atoms with Crippen LogP contribution < -0.4 is 10.6 Å². The molecule has 0 bridgehead atoms. The average Bonchev–Trinajstić information content (AvgIpc) is 3.10. The maximum Gasteiger partial charge on any atom is 0.407 e. The zero-order valence-corrected chi connectivity index (χ0v) is 12.3. The van der Waals surface area contributed by atoms with Gasteiger partial charge in [-0.1, -0.05) is 0 Å². The first kappa shape index (κ1) is 16.1. The van der Waals surface area contributed by atoms with Crippen molar-refractivity contribution in [2.45, 2.75) is 25.7 Å². The molecule has 2 aliphatic rings. The van der Waals surface area contributed by atoms with Crippen LogP contribution in [-0.4, -0.2) is 42.8 Å². The highest BCUT2D eigenvalue weighted by Crippen LogP contribution is 2.52. The van der Waals surface area contributed by atoms with Crippen LogP contribution in [0.15, 0.2) is 0 Å². The van der Waals surface area contributed by atoms with Gasteiger partial charge in [-0.05, 0) is 30.6 Å². The molecule has 0 heterocycles. The molecule has 0 aromatic carbocycles. The highest BCUT2D eigenvalue weighted by atomic mass is 16.5. The predicted octanol–water partition coefficient (Wildman–Crippen LogP) is 0.353. The molecule has 2 rings (SSSR count). The summed E-state index contributed by atoms with van der Waals surface area (Å²) in [5.74, 6) is 6.14. The molecule has 22 heavy (non-hydrogen) atoms. The van der Waals surface area contributed by atoms with Crippen molar-refractivity contribution in [3.8, 4) is 11.8 Å². The third-order valence-corrected chi connectivity index (χ3v) is 4.08. The molecule has 0 spiro atoms. The molecule has 0 saturated heterocycles. The van der Waals surface area contributed by atoms with E-state index in [1.165, 1.54) is 0 Å². The fraction of sp³-hybridized carbons (Fsp3) is 0.667. The Hall–Kier alpha value is -2.23. The Morgan fingerprint density at radius 3 is 2.27 bits per heavy atom. The Kier molecular flexibility index (Phi) is 5.64. The molecule has 1 fully saturated rings. The van der Waals surface area contributed by atoms with Crippen LogP contribution in [0, 0.1) is 29.6 Å². The molecule has 3 atom stereocenters. The van der Waals surface area contributed by atoms with Gasteiger partial charge in [0.2, 0.25) is 5.91 Å². The summed E-state index contributed by atoms with van der Waals surface area (Å²) in [4.78, 5) is 33.0. The number of aliphatic carboxylic acids is 1. The second-order valence-electron chi connectivity index (χ2n) is 5.54. The van der Waals surface area contributed by atoms with Crippen LogP contribution in [0.4, 0.5) is 4.79 Å². The summed E-state index contributed by atoms with van der Waals surface area (Å²) in [7, 11) is 0. The predicted molar refractivity (Wildman–Crippen MR) is 76.7 cm³/mol.